The van der Waals surface area contributed by atoms with Crippen molar-refractivity contribution in [1.29, 1.82) is 0 Å². The first-order valence-corrected chi connectivity index (χ1v) is 7.44. The minimum absolute atomic E-state index is 0.0971. The summed E-state index contributed by atoms with van der Waals surface area (Å²) in [6.07, 6.45) is -5.11. The number of ether oxygens (including phenoxy) is 1. The molecule has 8 N–H and O–H groups in total. The topological polar surface area (TPSA) is 208 Å². The van der Waals surface area contributed by atoms with Gasteiger partial charge in [-0.3, -0.25) is 9.79 Å². The van der Waals surface area contributed by atoms with Gasteiger partial charge in [0.05, 0.1) is 12.3 Å². The van der Waals surface area contributed by atoms with Crippen LogP contribution >= 0.6 is 7.82 Å². The van der Waals surface area contributed by atoms with Crippen molar-refractivity contribution in [2.45, 2.75) is 24.4 Å². The molecule has 0 bridgehead atoms. The predicted molar refractivity (Wildman–Crippen MR) is 67.2 cm³/mol. The third-order valence-electron chi connectivity index (χ3n) is 2.98. The van der Waals surface area contributed by atoms with Crippen LogP contribution in [0.4, 0.5) is 5.82 Å². The van der Waals surface area contributed by atoms with Crippen molar-refractivity contribution in [2.24, 2.45) is 0 Å². The lowest BCUT2D eigenvalue weighted by Gasteiger charge is -2.13. The number of nitrogens with two attached hydrogens (primary N) is 1. The van der Waals surface area contributed by atoms with Gasteiger partial charge in [-0.15, -0.1) is 0 Å². The van der Waals surface area contributed by atoms with Crippen molar-refractivity contribution in [2.75, 3.05) is 12.3 Å². The fourth-order valence-corrected chi connectivity index (χ4v) is 2.31. The van der Waals surface area contributed by atoms with Crippen LogP contribution < -0.4 is 5.73 Å². The number of hydrogen-bond acceptors (Lipinski definition) is 9. The first kappa shape index (κ1) is 16.8. The van der Waals surface area contributed by atoms with Crippen molar-refractivity contribution < 1.29 is 43.7 Å². The Hall–Kier alpha value is -1.53. The number of carbonyl (C=O) groups excluding carboxylic acids is 1. The van der Waals surface area contributed by atoms with Crippen LogP contribution in [0.3, 0.4) is 0 Å². The number of nitrogens with zero attached hydrogens (tertiary/aromatic N) is 1. The van der Waals surface area contributed by atoms with Gasteiger partial charge < -0.3 is 35.3 Å². The molecule has 1 aliphatic rings. The average Bonchev–Trinajstić information content (AvgIpc) is 2.90. The second kappa shape index (κ2) is 5.93. The van der Waals surface area contributed by atoms with E-state index < -0.39 is 50.6 Å². The number of anilines is 1. The van der Waals surface area contributed by atoms with Gasteiger partial charge in [-0.1, -0.05) is 0 Å². The zero-order chi connectivity index (χ0) is 16.7. The van der Waals surface area contributed by atoms with E-state index in [0.29, 0.717) is 0 Å². The van der Waals surface area contributed by atoms with Crippen LogP contribution in [0, 0.1) is 0 Å². The van der Waals surface area contributed by atoms with E-state index in [-0.39, 0.29) is 11.5 Å². The van der Waals surface area contributed by atoms with Gasteiger partial charge >= 0.3 is 13.8 Å². The maximum Gasteiger partial charge on any atom is 0.527 e. The molecule has 1 aromatic heterocycles. The predicted octanol–water partition coefficient (Wildman–Crippen LogP) is -2.60. The maximum atomic E-state index is 11.5. The molecule has 22 heavy (non-hydrogen) atoms. The summed E-state index contributed by atoms with van der Waals surface area (Å²) in [5.41, 5.74) is 5.44. The Morgan fingerprint density at radius 1 is 1.41 bits per heavy atom. The lowest BCUT2D eigenvalue weighted by atomic mass is 10.1. The van der Waals surface area contributed by atoms with Gasteiger partial charge in [0.1, 0.15) is 30.2 Å². The first-order valence-electron chi connectivity index (χ1n) is 5.91. The van der Waals surface area contributed by atoms with Crippen molar-refractivity contribution in [3.05, 3.63) is 11.5 Å². The molecule has 0 aliphatic carbocycles. The van der Waals surface area contributed by atoms with Crippen LogP contribution in [-0.2, 0) is 13.8 Å². The maximum absolute atomic E-state index is 11.5. The van der Waals surface area contributed by atoms with Crippen LogP contribution in [0.2, 0.25) is 0 Å². The van der Waals surface area contributed by atoms with E-state index >= 15 is 0 Å². The van der Waals surface area contributed by atoms with E-state index in [4.69, 9.17) is 25.4 Å². The summed E-state index contributed by atoms with van der Waals surface area (Å²) in [5, 5.41) is 28.5. The van der Waals surface area contributed by atoms with Gasteiger partial charge in [-0.25, -0.2) is 14.3 Å². The Labute approximate surface area is 122 Å². The molecule has 2 rings (SSSR count). The van der Waals surface area contributed by atoms with Gasteiger partial charge in [0.2, 0.25) is 5.82 Å². The van der Waals surface area contributed by atoms with Crippen LogP contribution in [0.1, 0.15) is 22.4 Å². The molecule has 0 amide bonds. The summed E-state index contributed by atoms with van der Waals surface area (Å²) >= 11 is 0. The molecule has 12 nitrogen and oxygen atoms in total. The summed E-state index contributed by atoms with van der Waals surface area (Å²) in [5.74, 6) is -2.38. The SMILES string of the molecule is Nc1nc(C(=O)OP(=O)(O)O)[nH]c1C1O[C@H](CO)[C@@H](O)[C@H]1O. The average molecular weight is 339 g/mol. The van der Waals surface area contributed by atoms with E-state index in [1.165, 1.54) is 0 Å². The summed E-state index contributed by atoms with van der Waals surface area (Å²) in [6.45, 7) is -0.560. The van der Waals surface area contributed by atoms with Gasteiger partial charge in [0.25, 0.3) is 0 Å². The molecule has 13 heteroatoms. The lowest BCUT2D eigenvalue weighted by Crippen LogP contribution is -2.32. The number of carbonyl (C=O) groups is 1. The number of nitrogen functional groups attached to an aromatic ring is 1. The molecule has 4 atom stereocenters. The fraction of sp³-hybridized carbons (Fsp3) is 0.556. The molecule has 0 radical (unpaired) electrons. The van der Waals surface area contributed by atoms with Gasteiger partial charge in [-0.2, -0.15) is 0 Å². The molecule has 1 aliphatic heterocycles. The van der Waals surface area contributed by atoms with E-state index in [2.05, 4.69) is 14.5 Å². The zero-order valence-corrected chi connectivity index (χ0v) is 11.8. The second-order valence-electron chi connectivity index (χ2n) is 4.51. The number of aromatic amines is 1. The number of aliphatic hydroxyl groups is 3. The zero-order valence-electron chi connectivity index (χ0n) is 10.9. The number of aromatic nitrogens is 2. The van der Waals surface area contributed by atoms with E-state index in [9.17, 15) is 19.6 Å². The smallest absolute Gasteiger partial charge is 0.394 e. The summed E-state index contributed by atoms with van der Waals surface area (Å²) in [6, 6.07) is 0. The highest BCUT2D eigenvalue weighted by molar-refractivity contribution is 7.46. The molecule has 124 valence electrons. The van der Waals surface area contributed by atoms with Crippen molar-refractivity contribution in [3.63, 3.8) is 0 Å². The Kier molecular flexibility index (Phi) is 4.54. The van der Waals surface area contributed by atoms with Crippen LogP contribution in [-0.4, -0.2) is 66.0 Å². The van der Waals surface area contributed by atoms with E-state index in [0.717, 1.165) is 0 Å². The monoisotopic (exact) mass is 339 g/mol. The Balaban J connectivity index is 2.24. The first-order chi connectivity index (χ1) is 10.1. The molecule has 0 saturated carbocycles. The molecule has 1 aromatic rings. The number of nitrogens with one attached hydrogen (secondary N) is 1. The minimum atomic E-state index is -5.06. The molecule has 1 fully saturated rings. The van der Waals surface area contributed by atoms with Gasteiger partial charge in [-0.05, 0) is 0 Å². The highest BCUT2D eigenvalue weighted by atomic mass is 31.2. The van der Waals surface area contributed by atoms with Crippen molar-refractivity contribution in [1.82, 2.24) is 9.97 Å². The van der Waals surface area contributed by atoms with Crippen molar-refractivity contribution in [3.8, 4) is 0 Å². The minimum Gasteiger partial charge on any atom is -0.394 e. The highest BCUT2D eigenvalue weighted by Gasteiger charge is 2.45. The number of hydrogen-bond donors (Lipinski definition) is 7. The second-order valence-corrected chi connectivity index (χ2v) is 5.68. The molecule has 1 unspecified atom stereocenters. The molecule has 2 heterocycles. The van der Waals surface area contributed by atoms with Crippen LogP contribution in [0.25, 0.3) is 0 Å². The number of imidazole rings is 1. The number of phosphoric ester groups is 1. The number of rotatable bonds is 4. The molecular formula is C9H14N3O9P. The molecule has 0 spiro atoms. The number of aliphatic hydroxyl groups excluding tert-OH is 3. The van der Waals surface area contributed by atoms with Crippen molar-refractivity contribution >= 4 is 19.6 Å². The summed E-state index contributed by atoms with van der Waals surface area (Å²) < 4.78 is 19.6. The lowest BCUT2D eigenvalue weighted by molar-refractivity contribution is -0.0236. The Morgan fingerprint density at radius 3 is 2.55 bits per heavy atom. The van der Waals surface area contributed by atoms with E-state index in [1.807, 2.05) is 0 Å². The number of H-pyrrole nitrogens is 1. The third kappa shape index (κ3) is 3.28. The number of phosphoric acid groups is 1. The normalized spacial score (nSPS) is 28.8. The Bertz CT molecular complexity index is 613. The Morgan fingerprint density at radius 2 is 2.05 bits per heavy atom. The fourth-order valence-electron chi connectivity index (χ4n) is 2.00. The molecule has 1 saturated heterocycles. The largest absolute Gasteiger partial charge is 0.527 e. The quantitative estimate of drug-likeness (QED) is 0.283. The summed E-state index contributed by atoms with van der Waals surface area (Å²) in [4.78, 5) is 34.4. The van der Waals surface area contributed by atoms with Gasteiger partial charge in [0, 0.05) is 0 Å². The highest BCUT2D eigenvalue weighted by Crippen LogP contribution is 2.38. The van der Waals surface area contributed by atoms with Crippen LogP contribution in [0.5, 0.6) is 0 Å². The molecule has 0 aromatic carbocycles. The standard InChI is InChI=1S/C9H14N3O9P/c10-7-3(6-5(15)4(14)2(1-13)20-6)11-8(12-7)9(16)21-22(17,18)19/h2,4-6,13-15H,1,10H2,(H,11,12)(H2,17,18,19)/t2-,4-,5-,6?/m1/s1. The molecular weight excluding hydrogens is 325 g/mol. The third-order valence-corrected chi connectivity index (χ3v) is 3.39. The summed E-state index contributed by atoms with van der Waals surface area (Å²) in [7, 11) is -5.06. The van der Waals surface area contributed by atoms with Gasteiger partial charge in [0.15, 0.2) is 0 Å². The van der Waals surface area contributed by atoms with Crippen LogP contribution in [0.15, 0.2) is 0 Å². The van der Waals surface area contributed by atoms with E-state index in [1.54, 1.807) is 0 Å².